The van der Waals surface area contributed by atoms with Crippen molar-refractivity contribution in [2.75, 3.05) is 0 Å². The van der Waals surface area contributed by atoms with Gasteiger partial charge in [-0.25, -0.2) is 4.85 Å². The summed E-state index contributed by atoms with van der Waals surface area (Å²) in [7, 11) is 0. The molecule has 0 aliphatic rings. The predicted molar refractivity (Wildman–Crippen MR) is 389 cm³/mol. The lowest BCUT2D eigenvalue weighted by molar-refractivity contribution is 1.04. The normalized spacial score (nSPS) is 11.8. The molecule has 0 spiro atoms. The largest absolute Gasteiger partial charge is 0.318 e. The number of hydrogen-bond acceptors (Lipinski definition) is 2. The summed E-state index contributed by atoms with van der Waals surface area (Å²) in [5.74, 6) is 0. The van der Waals surface area contributed by atoms with E-state index in [2.05, 4.69) is 328 Å². The standard InChI is InChI=1S/C86H50N6S/c1-88-80-81(89-71-41-19-12-34-60(71)61-35-13-20-42-72(61)89)70(52-87)82(90-73-43-21-14-36-62(73)63-37-15-22-44-74(63)90)85(84(80)91-75-45-23-16-38-64(75)65-39-17-24-46-76(65)91)92-77-51-55(58-32-9-8-30-56(58)53-26-4-2-5-27-53)50-69(59-33-11-10-31-57(59)54-28-6-3-7-29-54)79(77)68-49-48-67-66-40-18-25-47-78(66)93-86(67)83(68)92/h2-51H. The van der Waals surface area contributed by atoms with Gasteiger partial charge in [0.25, 0.3) is 0 Å². The summed E-state index contributed by atoms with van der Waals surface area (Å²) in [6, 6.07) is 112. The number of nitriles is 1. The molecule has 5 heterocycles. The molecule has 6 nitrogen and oxygen atoms in total. The van der Waals surface area contributed by atoms with E-state index in [0.29, 0.717) is 34.0 Å². The zero-order chi connectivity index (χ0) is 61.4. The van der Waals surface area contributed by atoms with E-state index in [9.17, 15) is 11.8 Å². The van der Waals surface area contributed by atoms with E-state index in [1.165, 1.54) is 0 Å². The van der Waals surface area contributed by atoms with Gasteiger partial charge in [0.1, 0.15) is 6.07 Å². The van der Waals surface area contributed by atoms with Crippen LogP contribution in [0.15, 0.2) is 303 Å². The number of benzene rings is 14. The van der Waals surface area contributed by atoms with E-state index in [1.807, 2.05) is 0 Å². The lowest BCUT2D eigenvalue weighted by atomic mass is 9.88. The number of nitrogens with zero attached hydrogens (tertiary/aromatic N) is 6. The molecule has 93 heavy (non-hydrogen) atoms. The van der Waals surface area contributed by atoms with Gasteiger partial charge < -0.3 is 18.3 Å². The molecule has 0 aliphatic carbocycles. The van der Waals surface area contributed by atoms with Crippen LogP contribution in [0.5, 0.6) is 0 Å². The Morgan fingerprint density at radius 1 is 0.301 bits per heavy atom. The molecule has 0 saturated carbocycles. The summed E-state index contributed by atoms with van der Waals surface area (Å²) in [4.78, 5) is 4.95. The average molecular weight is 1200 g/mol. The third kappa shape index (κ3) is 7.54. The van der Waals surface area contributed by atoms with Crippen LogP contribution in [0.2, 0.25) is 0 Å². The molecule has 430 valence electrons. The van der Waals surface area contributed by atoms with Gasteiger partial charge in [-0.3, -0.25) is 0 Å². The van der Waals surface area contributed by atoms with E-state index in [1.54, 1.807) is 11.3 Å². The Hall–Kier alpha value is -12.5. The average Bonchev–Trinajstić information content (AvgIpc) is 1.56. The van der Waals surface area contributed by atoms with Gasteiger partial charge in [-0.2, -0.15) is 5.26 Å². The number of rotatable bonds is 8. The molecule has 0 unspecified atom stereocenters. The zero-order valence-electron chi connectivity index (χ0n) is 50.0. The highest BCUT2D eigenvalue weighted by molar-refractivity contribution is 7.26. The molecule has 7 heteroatoms. The smallest absolute Gasteiger partial charge is 0.237 e. The van der Waals surface area contributed by atoms with E-state index < -0.39 is 0 Å². The van der Waals surface area contributed by atoms with Gasteiger partial charge in [0, 0.05) is 58.6 Å². The van der Waals surface area contributed by atoms with E-state index in [4.69, 9.17) is 4.85 Å². The maximum Gasteiger partial charge on any atom is 0.237 e. The molecule has 19 rings (SSSR count). The lowest BCUT2D eigenvalue weighted by Gasteiger charge is -2.27. The molecule has 0 radical (unpaired) electrons. The van der Waals surface area contributed by atoms with Gasteiger partial charge in [0.05, 0.1) is 83.7 Å². The van der Waals surface area contributed by atoms with E-state index in [0.717, 1.165) is 152 Å². The summed E-state index contributed by atoms with van der Waals surface area (Å²) >= 11 is 1.79. The Kier molecular flexibility index (Phi) is 11.6. The second-order valence-corrected chi connectivity index (χ2v) is 25.0. The first-order chi connectivity index (χ1) is 46.1. The summed E-state index contributed by atoms with van der Waals surface area (Å²) in [6.07, 6.45) is 0. The van der Waals surface area contributed by atoms with Gasteiger partial charge in [-0.05, 0) is 99.1 Å². The van der Waals surface area contributed by atoms with Crippen molar-refractivity contribution in [2.45, 2.75) is 0 Å². The highest BCUT2D eigenvalue weighted by atomic mass is 32.1. The second kappa shape index (κ2) is 20.5. The molecule has 0 N–H and O–H groups in total. The number of para-hydroxylation sites is 6. The first-order valence-electron chi connectivity index (χ1n) is 31.3. The Morgan fingerprint density at radius 2 is 0.688 bits per heavy atom. The fraction of sp³-hybridized carbons (Fsp3) is 0. The fourth-order valence-electron chi connectivity index (χ4n) is 15.4. The van der Waals surface area contributed by atoms with Crippen molar-refractivity contribution in [1.82, 2.24) is 18.3 Å². The summed E-state index contributed by atoms with van der Waals surface area (Å²) in [5, 5.41) is 23.7. The van der Waals surface area contributed by atoms with Crippen molar-refractivity contribution in [2.24, 2.45) is 0 Å². The Labute approximate surface area is 538 Å². The molecule has 5 aromatic heterocycles. The molecule has 0 saturated heterocycles. The van der Waals surface area contributed by atoms with Crippen LogP contribution in [0.4, 0.5) is 5.69 Å². The second-order valence-electron chi connectivity index (χ2n) is 24.0. The maximum atomic E-state index is 13.1. The highest BCUT2D eigenvalue weighted by Gasteiger charge is 2.36. The van der Waals surface area contributed by atoms with Crippen molar-refractivity contribution in [1.29, 1.82) is 5.26 Å². The Morgan fingerprint density at radius 3 is 1.17 bits per heavy atom. The molecular formula is C86H50N6S. The van der Waals surface area contributed by atoms with Crippen molar-refractivity contribution in [3.63, 3.8) is 0 Å². The van der Waals surface area contributed by atoms with Gasteiger partial charge >= 0.3 is 0 Å². The third-order valence-corrected chi connectivity index (χ3v) is 20.4. The lowest BCUT2D eigenvalue weighted by Crippen LogP contribution is -2.14. The predicted octanol–water partition coefficient (Wildman–Crippen LogP) is 23.5. The number of fused-ring (bicyclic) bond motifs is 16. The molecule has 0 atom stereocenters. The minimum Gasteiger partial charge on any atom is -0.318 e. The summed E-state index contributed by atoms with van der Waals surface area (Å²) < 4.78 is 11.7. The van der Waals surface area contributed by atoms with Crippen LogP contribution in [0.25, 0.3) is 179 Å². The van der Waals surface area contributed by atoms with Crippen LogP contribution in [0, 0.1) is 17.9 Å². The molecule has 0 fully saturated rings. The monoisotopic (exact) mass is 1200 g/mol. The van der Waals surface area contributed by atoms with Gasteiger partial charge in [-0.15, -0.1) is 11.3 Å². The van der Waals surface area contributed by atoms with Crippen molar-refractivity contribution < 1.29 is 0 Å². The Balaban J connectivity index is 1.14. The Bertz CT molecular complexity index is 6140. The topological polar surface area (TPSA) is 47.9 Å². The van der Waals surface area contributed by atoms with Gasteiger partial charge in [0.2, 0.25) is 5.69 Å². The number of thiophene rings is 1. The first-order valence-corrected chi connectivity index (χ1v) is 32.2. The number of hydrogen-bond donors (Lipinski definition) is 0. The van der Waals surface area contributed by atoms with Gasteiger partial charge in [0.15, 0.2) is 0 Å². The number of aromatic nitrogens is 4. The van der Waals surface area contributed by atoms with Crippen LogP contribution in [-0.2, 0) is 0 Å². The van der Waals surface area contributed by atoms with Crippen LogP contribution >= 0.6 is 11.3 Å². The van der Waals surface area contributed by atoms with E-state index >= 15 is 0 Å². The van der Waals surface area contributed by atoms with E-state index in [-0.39, 0.29) is 0 Å². The zero-order valence-corrected chi connectivity index (χ0v) is 50.8. The van der Waals surface area contributed by atoms with Gasteiger partial charge in [-0.1, -0.05) is 249 Å². The third-order valence-electron chi connectivity index (χ3n) is 19.2. The fourth-order valence-corrected chi connectivity index (χ4v) is 16.7. The molecule has 14 aromatic carbocycles. The quantitative estimate of drug-likeness (QED) is 0.140. The van der Waals surface area contributed by atoms with Crippen LogP contribution in [0.1, 0.15) is 5.56 Å². The SMILES string of the molecule is [C-]#[N+]c1c(-n2c3ccccc3c3ccccc32)c(C#N)c(-n2c3ccccc3c3ccccc32)c(-n2c3cc(-c4ccccc4-c4ccccc4)cc(-c4ccccc4-c4ccccc4)c3c3ccc4c5ccccc5sc4c32)c1-n1c2ccccc2c2ccccc21. The molecular weight excluding hydrogens is 1150 g/mol. The highest BCUT2D eigenvalue weighted by Crippen LogP contribution is 2.55. The first kappa shape index (κ1) is 52.4. The van der Waals surface area contributed by atoms with Crippen LogP contribution in [-0.4, -0.2) is 18.3 Å². The van der Waals surface area contributed by atoms with Crippen LogP contribution in [0.3, 0.4) is 0 Å². The summed E-state index contributed by atoms with van der Waals surface area (Å²) in [5.41, 5.74) is 19.2. The molecule has 0 amide bonds. The maximum absolute atomic E-state index is 13.1. The molecule has 0 aliphatic heterocycles. The van der Waals surface area contributed by atoms with Crippen molar-refractivity contribution >= 4 is 124 Å². The van der Waals surface area contributed by atoms with Crippen LogP contribution < -0.4 is 0 Å². The minimum absolute atomic E-state index is 0.336. The van der Waals surface area contributed by atoms with Crippen molar-refractivity contribution in [3.8, 4) is 73.3 Å². The molecule has 19 aromatic rings. The van der Waals surface area contributed by atoms with Crippen molar-refractivity contribution in [3.05, 3.63) is 320 Å². The summed E-state index contributed by atoms with van der Waals surface area (Å²) in [6.45, 7) is 10.2. The minimum atomic E-state index is 0.336. The molecule has 0 bridgehead atoms.